The first-order valence-corrected chi connectivity index (χ1v) is 10.5. The molecule has 0 fully saturated rings. The van der Waals surface area contributed by atoms with Crippen LogP contribution in [0.3, 0.4) is 0 Å². The van der Waals surface area contributed by atoms with E-state index in [0.717, 1.165) is 6.42 Å². The molecule has 0 spiro atoms. The Bertz CT molecular complexity index is 706. The van der Waals surface area contributed by atoms with Gasteiger partial charge < -0.3 is 24.8 Å². The molecule has 0 unspecified atom stereocenters. The first-order valence-electron chi connectivity index (χ1n) is 9.25. The van der Waals surface area contributed by atoms with Gasteiger partial charge in [-0.1, -0.05) is 39.0 Å². The number of benzene rings is 1. The van der Waals surface area contributed by atoms with Crippen LogP contribution in [0.1, 0.15) is 48.9 Å². The monoisotopic (exact) mass is 476 g/mol. The Morgan fingerprint density at radius 3 is 2.15 bits per heavy atom. The van der Waals surface area contributed by atoms with Gasteiger partial charge in [0.1, 0.15) is 0 Å². The topological polar surface area (TPSA) is 0 Å². The molecular weight excluding hydrogens is 450 g/mol. The van der Waals surface area contributed by atoms with Crippen molar-refractivity contribution >= 4 is 3.21 Å². The SMILES string of the molecule is CCc1cc[cH-]c1.C[C](=[Zr+2])c1ccccc1.[Cl-].[Cl-].c1cc2c([cH-]1)CCCC2. The molecule has 1 aliphatic rings. The molecule has 0 nitrogen and oxygen atoms in total. The van der Waals surface area contributed by atoms with E-state index in [1.165, 1.54) is 64.3 Å². The number of rotatable bonds is 2. The Hall–Kier alpha value is -0.747. The Kier molecular flexibility index (Phi) is 14.8. The minimum atomic E-state index is 0. The summed E-state index contributed by atoms with van der Waals surface area (Å²) in [7, 11) is 0. The van der Waals surface area contributed by atoms with Gasteiger partial charge in [0, 0.05) is 0 Å². The van der Waals surface area contributed by atoms with Crippen LogP contribution in [0.4, 0.5) is 0 Å². The molecule has 0 saturated carbocycles. The number of fused-ring (bicyclic) bond motifs is 1. The normalized spacial score (nSPS) is 11.3. The van der Waals surface area contributed by atoms with Gasteiger partial charge in [-0.15, -0.1) is 0 Å². The van der Waals surface area contributed by atoms with Gasteiger partial charge in [-0.25, -0.2) is 12.1 Å². The summed E-state index contributed by atoms with van der Waals surface area (Å²) in [5.41, 5.74) is 6.00. The first-order chi connectivity index (χ1) is 12.2. The number of halogens is 2. The Balaban J connectivity index is 0.000000365. The summed E-state index contributed by atoms with van der Waals surface area (Å²) in [6, 6.07) is 25.6. The minimum absolute atomic E-state index is 0. The molecule has 0 aromatic heterocycles. The van der Waals surface area contributed by atoms with Crippen LogP contribution in [0, 0.1) is 0 Å². The van der Waals surface area contributed by atoms with E-state index in [1.807, 2.05) is 6.07 Å². The third kappa shape index (κ3) is 9.84. The predicted octanol–water partition coefficient (Wildman–Crippen LogP) is 0.0340. The van der Waals surface area contributed by atoms with Crippen LogP contribution >= 0.6 is 0 Å². The van der Waals surface area contributed by atoms with Gasteiger partial charge in [0.2, 0.25) is 0 Å². The Labute approximate surface area is 192 Å². The van der Waals surface area contributed by atoms with E-state index >= 15 is 0 Å². The van der Waals surface area contributed by atoms with Crippen LogP contribution < -0.4 is 24.8 Å². The molecule has 0 atom stereocenters. The zero-order chi connectivity index (χ0) is 17.9. The quantitative estimate of drug-likeness (QED) is 0.457. The van der Waals surface area contributed by atoms with Gasteiger partial charge in [-0.2, -0.15) is 47.0 Å². The summed E-state index contributed by atoms with van der Waals surface area (Å²) < 4.78 is 1.46. The molecule has 0 radical (unpaired) electrons. The molecule has 27 heavy (non-hydrogen) atoms. The molecule has 1 aliphatic carbocycles. The molecule has 0 aliphatic heterocycles. The fraction of sp³-hybridized carbons (Fsp3) is 0.292. The summed E-state index contributed by atoms with van der Waals surface area (Å²) in [6.45, 7) is 4.32. The summed E-state index contributed by atoms with van der Waals surface area (Å²) in [4.78, 5) is 0. The van der Waals surface area contributed by atoms with E-state index in [0.29, 0.717) is 0 Å². The molecule has 3 aromatic carbocycles. The second-order valence-corrected chi connectivity index (χ2v) is 8.26. The zero-order valence-corrected chi connectivity index (χ0v) is 20.2. The summed E-state index contributed by atoms with van der Waals surface area (Å²) in [5.74, 6) is 0. The summed E-state index contributed by atoms with van der Waals surface area (Å²) in [5, 5.41) is 0. The van der Waals surface area contributed by atoms with E-state index in [1.54, 1.807) is 11.1 Å². The second kappa shape index (κ2) is 15.2. The predicted molar refractivity (Wildman–Crippen MR) is 106 cm³/mol. The van der Waals surface area contributed by atoms with Crippen LogP contribution in [0.25, 0.3) is 0 Å². The van der Waals surface area contributed by atoms with Crippen molar-refractivity contribution in [3.05, 3.63) is 95.1 Å². The molecule has 0 heterocycles. The van der Waals surface area contributed by atoms with Crippen molar-refractivity contribution in [3.63, 3.8) is 0 Å². The molecule has 0 N–H and O–H groups in total. The first kappa shape index (κ1) is 26.3. The molecule has 3 aromatic rings. The van der Waals surface area contributed by atoms with Crippen LogP contribution in [-0.2, 0) is 43.5 Å². The summed E-state index contributed by atoms with van der Waals surface area (Å²) >= 11 is 1.51. The average Bonchev–Trinajstić information content (AvgIpc) is 3.35. The van der Waals surface area contributed by atoms with Gasteiger partial charge in [-0.05, 0) is 0 Å². The van der Waals surface area contributed by atoms with E-state index in [4.69, 9.17) is 0 Å². The van der Waals surface area contributed by atoms with Crippen LogP contribution in [-0.4, -0.2) is 3.21 Å². The molecule has 0 amide bonds. The van der Waals surface area contributed by atoms with Crippen molar-refractivity contribution in [1.82, 2.24) is 0 Å². The third-order valence-corrected chi connectivity index (χ3v) is 5.21. The summed E-state index contributed by atoms with van der Waals surface area (Å²) in [6.07, 6.45) is 6.60. The fourth-order valence-corrected chi connectivity index (χ4v) is 3.36. The standard InChI is InChI=1S/C9H11.C8H8.C7H9.2ClH.Zr/c1-2-5-9-7-3-6-8(9)4-1;1-2-8-6-4-3-5-7-8;1-2-7-5-3-4-6-7;;;/h3,6-7H,1-2,4-5H2;3-7H,1H3;3-6H,2H2,1H3;2*1H;/q-1;;-1;;;+2/p-2. The van der Waals surface area contributed by atoms with Crippen molar-refractivity contribution in [2.24, 2.45) is 0 Å². The minimum Gasteiger partial charge on any atom is -1.00 e. The van der Waals surface area contributed by atoms with Gasteiger partial charge >= 0.3 is 70.3 Å². The van der Waals surface area contributed by atoms with Crippen molar-refractivity contribution in [1.29, 1.82) is 0 Å². The fourth-order valence-electron chi connectivity index (χ4n) is 2.95. The smallest absolute Gasteiger partial charge is 0.0512 e. The molecule has 3 heteroatoms. The third-order valence-electron chi connectivity index (χ3n) is 4.50. The Morgan fingerprint density at radius 2 is 1.67 bits per heavy atom. The maximum Gasteiger partial charge on any atom is -0.0512 e. The molecular formula is C24H28Cl2Zr-2. The van der Waals surface area contributed by atoms with Crippen molar-refractivity contribution < 1.29 is 49.0 Å². The van der Waals surface area contributed by atoms with Crippen LogP contribution in [0.2, 0.25) is 0 Å². The molecule has 144 valence electrons. The van der Waals surface area contributed by atoms with Gasteiger partial charge in [-0.3, -0.25) is 0 Å². The van der Waals surface area contributed by atoms with Crippen molar-refractivity contribution in [3.8, 4) is 0 Å². The van der Waals surface area contributed by atoms with Gasteiger partial charge in [0.25, 0.3) is 0 Å². The second-order valence-electron chi connectivity index (χ2n) is 6.42. The van der Waals surface area contributed by atoms with E-state index in [9.17, 15) is 0 Å². The number of aryl methyl sites for hydroxylation is 3. The molecule has 4 rings (SSSR count). The van der Waals surface area contributed by atoms with Gasteiger partial charge in [0.05, 0.1) is 0 Å². The molecule has 0 bridgehead atoms. The van der Waals surface area contributed by atoms with E-state index < -0.39 is 0 Å². The van der Waals surface area contributed by atoms with E-state index in [2.05, 4.69) is 80.6 Å². The molecule has 0 saturated heterocycles. The maximum atomic E-state index is 2.26. The number of hydrogen-bond donors (Lipinski definition) is 0. The van der Waals surface area contributed by atoms with Crippen molar-refractivity contribution in [2.75, 3.05) is 0 Å². The Morgan fingerprint density at radius 1 is 0.963 bits per heavy atom. The van der Waals surface area contributed by atoms with Crippen molar-refractivity contribution in [2.45, 2.75) is 46.0 Å². The van der Waals surface area contributed by atoms with Crippen LogP contribution in [0.15, 0.2) is 72.8 Å². The van der Waals surface area contributed by atoms with Crippen LogP contribution in [0.5, 0.6) is 0 Å². The maximum absolute atomic E-state index is 2.26. The zero-order valence-electron chi connectivity index (χ0n) is 16.2. The number of hydrogen-bond acceptors (Lipinski definition) is 0. The van der Waals surface area contributed by atoms with E-state index in [-0.39, 0.29) is 24.8 Å². The van der Waals surface area contributed by atoms with Gasteiger partial charge in [0.15, 0.2) is 0 Å². The largest absolute Gasteiger partial charge is 1.00 e. The average molecular weight is 479 g/mol.